The number of hydrogen-bond donors (Lipinski definition) is 0. The van der Waals surface area contributed by atoms with E-state index in [9.17, 15) is 17.6 Å². The molecule has 0 N–H and O–H groups in total. The summed E-state index contributed by atoms with van der Waals surface area (Å²) in [7, 11) is -3.06. The number of carbonyl (C=O) groups excluding carboxylic acids is 1. The van der Waals surface area contributed by atoms with Gasteiger partial charge in [0.25, 0.3) is 5.91 Å². The molecule has 1 atom stereocenters. The molecular weight excluding hydrogens is 345 g/mol. The number of ether oxygens (including phenoxy) is 1. The molecule has 0 radical (unpaired) electrons. The number of amides is 1. The standard InChI is InChI=1S/C15H17ClFNO4S/c16-13-7-10(17)1-4-14(13)22-8-15(19)18(11-2-3-11)12-5-6-23(20,21)9-12/h1,4,7,11-12H,2-3,5-6,8-9H2/t12-/m1/s1. The summed E-state index contributed by atoms with van der Waals surface area (Å²) in [5, 5.41) is 0.0965. The molecule has 1 heterocycles. The summed E-state index contributed by atoms with van der Waals surface area (Å²) >= 11 is 5.86. The van der Waals surface area contributed by atoms with Gasteiger partial charge >= 0.3 is 0 Å². The molecule has 1 aliphatic heterocycles. The van der Waals surface area contributed by atoms with Crippen LogP contribution >= 0.6 is 11.6 Å². The quantitative estimate of drug-likeness (QED) is 0.805. The fraction of sp³-hybridized carbons (Fsp3) is 0.533. The maximum Gasteiger partial charge on any atom is 0.261 e. The second-order valence-corrected chi connectivity index (χ2v) is 8.59. The van der Waals surface area contributed by atoms with Crippen molar-refractivity contribution in [3.05, 3.63) is 29.0 Å². The van der Waals surface area contributed by atoms with Gasteiger partial charge < -0.3 is 9.64 Å². The van der Waals surface area contributed by atoms with Crippen molar-refractivity contribution in [2.24, 2.45) is 0 Å². The SMILES string of the molecule is O=C(COc1ccc(F)cc1Cl)N(C1CC1)[C@@H]1CCS(=O)(=O)C1. The van der Waals surface area contributed by atoms with Gasteiger partial charge in [-0.1, -0.05) is 11.6 Å². The van der Waals surface area contributed by atoms with Crippen LogP contribution < -0.4 is 4.74 Å². The minimum absolute atomic E-state index is 0.0204. The molecule has 0 bridgehead atoms. The van der Waals surface area contributed by atoms with Crippen molar-refractivity contribution in [1.82, 2.24) is 4.90 Å². The Balaban J connectivity index is 1.65. The van der Waals surface area contributed by atoms with Gasteiger partial charge in [0.2, 0.25) is 0 Å². The van der Waals surface area contributed by atoms with Gasteiger partial charge in [0.15, 0.2) is 16.4 Å². The molecule has 1 aliphatic carbocycles. The van der Waals surface area contributed by atoms with E-state index in [0.29, 0.717) is 6.42 Å². The first-order chi connectivity index (χ1) is 10.9. The average molecular weight is 362 g/mol. The van der Waals surface area contributed by atoms with Crippen LogP contribution in [0, 0.1) is 5.82 Å². The monoisotopic (exact) mass is 361 g/mol. The predicted molar refractivity (Wildman–Crippen MR) is 83.8 cm³/mol. The summed E-state index contributed by atoms with van der Waals surface area (Å²) in [4.78, 5) is 14.1. The van der Waals surface area contributed by atoms with Gasteiger partial charge in [-0.25, -0.2) is 12.8 Å². The highest BCUT2D eigenvalue weighted by Gasteiger charge is 2.42. The van der Waals surface area contributed by atoms with E-state index in [1.165, 1.54) is 12.1 Å². The van der Waals surface area contributed by atoms with Gasteiger partial charge in [0, 0.05) is 12.1 Å². The second kappa shape index (κ2) is 6.28. The van der Waals surface area contributed by atoms with E-state index in [4.69, 9.17) is 16.3 Å². The number of hydrogen-bond acceptors (Lipinski definition) is 4. The van der Waals surface area contributed by atoms with Crippen molar-refractivity contribution in [2.75, 3.05) is 18.1 Å². The van der Waals surface area contributed by atoms with E-state index in [1.807, 2.05) is 0 Å². The maximum atomic E-state index is 13.0. The van der Waals surface area contributed by atoms with Crippen molar-refractivity contribution in [2.45, 2.75) is 31.3 Å². The van der Waals surface area contributed by atoms with E-state index in [1.54, 1.807) is 4.90 Å². The second-order valence-electron chi connectivity index (χ2n) is 5.95. The summed E-state index contributed by atoms with van der Waals surface area (Å²) in [5.41, 5.74) is 0. The first-order valence-corrected chi connectivity index (χ1v) is 9.65. The van der Waals surface area contributed by atoms with Crippen molar-refractivity contribution >= 4 is 27.3 Å². The third kappa shape index (κ3) is 3.95. The molecule has 0 unspecified atom stereocenters. The largest absolute Gasteiger partial charge is 0.482 e. The minimum Gasteiger partial charge on any atom is -0.482 e. The van der Waals surface area contributed by atoms with E-state index in [0.717, 1.165) is 18.9 Å². The van der Waals surface area contributed by atoms with Crippen LogP contribution in [0.4, 0.5) is 4.39 Å². The number of rotatable bonds is 5. The van der Waals surface area contributed by atoms with Crippen LogP contribution in [0.5, 0.6) is 5.75 Å². The molecule has 5 nitrogen and oxygen atoms in total. The molecule has 8 heteroatoms. The third-order valence-corrected chi connectivity index (χ3v) is 6.12. The van der Waals surface area contributed by atoms with Crippen molar-refractivity contribution in [3.63, 3.8) is 0 Å². The highest BCUT2D eigenvalue weighted by molar-refractivity contribution is 7.91. The summed E-state index contributed by atoms with van der Waals surface area (Å²) in [5.74, 6) is -0.360. The van der Waals surface area contributed by atoms with Gasteiger partial charge in [-0.05, 0) is 37.5 Å². The van der Waals surface area contributed by atoms with Gasteiger partial charge in [-0.3, -0.25) is 4.79 Å². The lowest BCUT2D eigenvalue weighted by Crippen LogP contribution is -2.45. The van der Waals surface area contributed by atoms with Crippen LogP contribution in [0.3, 0.4) is 0 Å². The van der Waals surface area contributed by atoms with E-state index >= 15 is 0 Å². The normalized spacial score (nSPS) is 22.8. The molecule has 3 rings (SSSR count). The highest BCUT2D eigenvalue weighted by atomic mass is 35.5. The van der Waals surface area contributed by atoms with E-state index < -0.39 is 15.7 Å². The Morgan fingerprint density at radius 1 is 1.30 bits per heavy atom. The first-order valence-electron chi connectivity index (χ1n) is 7.45. The van der Waals surface area contributed by atoms with Crippen molar-refractivity contribution in [3.8, 4) is 5.75 Å². The fourth-order valence-electron chi connectivity index (χ4n) is 2.86. The highest BCUT2D eigenvalue weighted by Crippen LogP contribution is 2.32. The summed E-state index contributed by atoms with van der Waals surface area (Å²) in [6, 6.07) is 3.52. The van der Waals surface area contributed by atoms with Crippen LogP contribution in [0.2, 0.25) is 5.02 Å². The lowest BCUT2D eigenvalue weighted by molar-refractivity contribution is -0.135. The van der Waals surface area contributed by atoms with Crippen LogP contribution in [-0.4, -0.2) is 49.4 Å². The molecule has 0 spiro atoms. The van der Waals surface area contributed by atoms with Gasteiger partial charge in [0.1, 0.15) is 11.6 Å². The maximum absolute atomic E-state index is 13.0. The fourth-order valence-corrected chi connectivity index (χ4v) is 4.79. The Morgan fingerprint density at radius 3 is 2.61 bits per heavy atom. The molecule has 23 heavy (non-hydrogen) atoms. The third-order valence-electron chi connectivity index (χ3n) is 4.08. The lowest BCUT2D eigenvalue weighted by Gasteiger charge is -2.28. The Kier molecular flexibility index (Phi) is 4.51. The molecule has 1 aromatic rings. The number of sulfone groups is 1. The van der Waals surface area contributed by atoms with Crippen LogP contribution in [-0.2, 0) is 14.6 Å². The number of nitrogens with zero attached hydrogens (tertiary/aromatic N) is 1. The molecule has 1 saturated heterocycles. The van der Waals surface area contributed by atoms with Crippen molar-refractivity contribution < 1.29 is 22.3 Å². The Morgan fingerprint density at radius 2 is 2.04 bits per heavy atom. The Hall–Kier alpha value is -1.34. The molecular formula is C15H17ClFNO4S. The smallest absolute Gasteiger partial charge is 0.261 e. The first kappa shape index (κ1) is 16.5. The van der Waals surface area contributed by atoms with Crippen molar-refractivity contribution in [1.29, 1.82) is 0 Å². The Labute approximate surface area is 139 Å². The van der Waals surface area contributed by atoms with Gasteiger partial charge in [-0.2, -0.15) is 0 Å². The topological polar surface area (TPSA) is 63.7 Å². The predicted octanol–water partition coefficient (Wildman–Crippen LogP) is 2.04. The van der Waals surface area contributed by atoms with Gasteiger partial charge in [0.05, 0.1) is 16.5 Å². The minimum atomic E-state index is -3.06. The summed E-state index contributed by atoms with van der Waals surface area (Å²) in [6.07, 6.45) is 2.25. The molecule has 126 valence electrons. The number of halogens is 2. The van der Waals surface area contributed by atoms with Crippen LogP contribution in [0.25, 0.3) is 0 Å². The zero-order chi connectivity index (χ0) is 16.6. The van der Waals surface area contributed by atoms with E-state index in [2.05, 4.69) is 0 Å². The summed E-state index contributed by atoms with van der Waals surface area (Å²) in [6.45, 7) is -0.238. The molecule has 1 aromatic carbocycles. The molecule has 1 amide bonds. The summed E-state index contributed by atoms with van der Waals surface area (Å²) < 4.78 is 41.7. The molecule has 0 aromatic heterocycles. The average Bonchev–Trinajstić information content (AvgIpc) is 3.22. The molecule has 2 aliphatic rings. The lowest BCUT2D eigenvalue weighted by atomic mass is 10.2. The Bertz CT molecular complexity index is 720. The molecule has 1 saturated carbocycles. The molecule has 2 fully saturated rings. The number of benzene rings is 1. The zero-order valence-electron chi connectivity index (χ0n) is 12.4. The number of carbonyl (C=O) groups is 1. The van der Waals surface area contributed by atoms with Crippen LogP contribution in [0.15, 0.2) is 18.2 Å². The van der Waals surface area contributed by atoms with Crippen LogP contribution in [0.1, 0.15) is 19.3 Å². The zero-order valence-corrected chi connectivity index (χ0v) is 13.9. The van der Waals surface area contributed by atoms with Gasteiger partial charge in [-0.15, -0.1) is 0 Å². The van der Waals surface area contributed by atoms with E-state index in [-0.39, 0.29) is 46.9 Å².